The van der Waals surface area contributed by atoms with Crippen molar-refractivity contribution < 1.29 is 0 Å². The molecule has 0 fully saturated rings. The van der Waals surface area contributed by atoms with Gasteiger partial charge < -0.3 is 4.40 Å². The second kappa shape index (κ2) is 2.64. The molecule has 0 N–H and O–H groups in total. The maximum atomic E-state index is 5.91. The summed E-state index contributed by atoms with van der Waals surface area (Å²) in [4.78, 5) is 4.13. The van der Waals surface area contributed by atoms with Gasteiger partial charge in [0.1, 0.15) is 0 Å². The molecule has 0 spiro atoms. The highest BCUT2D eigenvalue weighted by Crippen LogP contribution is 2.21. The van der Waals surface area contributed by atoms with Crippen molar-refractivity contribution in [3.63, 3.8) is 0 Å². The molecule has 2 aromatic heterocycles. The second-order valence-electron chi connectivity index (χ2n) is 2.60. The average molecular weight is 201 g/mol. The van der Waals surface area contributed by atoms with Gasteiger partial charge >= 0.3 is 0 Å². The second-order valence-corrected chi connectivity index (χ2v) is 3.44. The fraction of sp³-hybridized carbons (Fsp3) is 0.125. The van der Waals surface area contributed by atoms with E-state index in [-0.39, 0.29) is 0 Å². The molecule has 0 bridgehead atoms. The third-order valence-corrected chi connectivity index (χ3v) is 2.20. The minimum atomic E-state index is 0.579. The molecule has 0 amide bonds. The third kappa shape index (κ3) is 1.08. The van der Waals surface area contributed by atoms with Gasteiger partial charge in [-0.2, -0.15) is 0 Å². The summed E-state index contributed by atoms with van der Waals surface area (Å²) in [6.45, 7) is 1.95. The lowest BCUT2D eigenvalue weighted by Gasteiger charge is -1.98. The van der Waals surface area contributed by atoms with Gasteiger partial charge in [0.15, 0.2) is 5.65 Å². The third-order valence-electron chi connectivity index (χ3n) is 1.71. The van der Waals surface area contributed by atoms with Crippen LogP contribution in [0.25, 0.3) is 5.65 Å². The molecule has 2 heterocycles. The quantitative estimate of drug-likeness (QED) is 0.640. The van der Waals surface area contributed by atoms with Gasteiger partial charge in [0.05, 0.1) is 10.0 Å². The first-order valence-electron chi connectivity index (χ1n) is 3.47. The van der Waals surface area contributed by atoms with Gasteiger partial charge in [-0.3, -0.25) is 0 Å². The number of aryl methyl sites for hydroxylation is 1. The first-order chi connectivity index (χ1) is 5.68. The van der Waals surface area contributed by atoms with Gasteiger partial charge in [0, 0.05) is 18.1 Å². The molecule has 0 unspecified atom stereocenters. The molecule has 0 radical (unpaired) electrons. The first kappa shape index (κ1) is 7.90. The molecule has 0 aliphatic heterocycles. The standard InChI is InChI=1S/C8H6Cl2N2/c1-5-3-11-8-7(10)2-6(9)4-12(5)8/h2-4H,1H3. The van der Waals surface area contributed by atoms with Crippen molar-refractivity contribution in [2.75, 3.05) is 0 Å². The summed E-state index contributed by atoms with van der Waals surface area (Å²) in [5, 5.41) is 1.20. The van der Waals surface area contributed by atoms with E-state index < -0.39 is 0 Å². The fourth-order valence-electron chi connectivity index (χ4n) is 1.13. The van der Waals surface area contributed by atoms with E-state index in [4.69, 9.17) is 23.2 Å². The molecule has 0 aromatic carbocycles. The fourth-order valence-corrected chi connectivity index (χ4v) is 1.65. The molecule has 0 saturated heterocycles. The van der Waals surface area contributed by atoms with Crippen LogP contribution in [-0.4, -0.2) is 9.38 Å². The maximum absolute atomic E-state index is 5.91. The highest BCUT2D eigenvalue weighted by molar-refractivity contribution is 6.36. The monoisotopic (exact) mass is 200 g/mol. The number of hydrogen-bond acceptors (Lipinski definition) is 1. The molecule has 0 atom stereocenters. The van der Waals surface area contributed by atoms with Crippen molar-refractivity contribution in [2.24, 2.45) is 0 Å². The summed E-state index contributed by atoms with van der Waals surface area (Å²) in [5.41, 5.74) is 1.77. The lowest BCUT2D eigenvalue weighted by molar-refractivity contribution is 1.11. The Bertz CT molecular complexity index is 434. The molecule has 0 aliphatic carbocycles. The predicted octanol–water partition coefficient (Wildman–Crippen LogP) is 2.95. The lowest BCUT2D eigenvalue weighted by atomic mass is 10.4. The molecular weight excluding hydrogens is 195 g/mol. The van der Waals surface area contributed by atoms with E-state index in [2.05, 4.69) is 4.98 Å². The van der Waals surface area contributed by atoms with E-state index in [0.29, 0.717) is 10.0 Å². The normalized spacial score (nSPS) is 10.9. The predicted molar refractivity (Wildman–Crippen MR) is 49.9 cm³/mol. The SMILES string of the molecule is Cc1cnc2c(Cl)cc(Cl)cn12. The molecule has 2 rings (SSSR count). The van der Waals surface area contributed by atoms with E-state index >= 15 is 0 Å². The summed E-state index contributed by atoms with van der Waals surface area (Å²) >= 11 is 11.7. The smallest absolute Gasteiger partial charge is 0.155 e. The summed E-state index contributed by atoms with van der Waals surface area (Å²) in [6, 6.07) is 1.69. The zero-order chi connectivity index (χ0) is 8.72. The van der Waals surface area contributed by atoms with Crippen molar-refractivity contribution in [3.05, 3.63) is 34.2 Å². The Labute approximate surface area is 79.7 Å². The average Bonchev–Trinajstić information content (AvgIpc) is 2.33. The number of hydrogen-bond donors (Lipinski definition) is 0. The van der Waals surface area contributed by atoms with Gasteiger partial charge in [-0.25, -0.2) is 4.98 Å². The van der Waals surface area contributed by atoms with Crippen LogP contribution in [0.3, 0.4) is 0 Å². The summed E-state index contributed by atoms with van der Waals surface area (Å²) in [6.07, 6.45) is 3.56. The number of nitrogens with zero attached hydrogens (tertiary/aromatic N) is 2. The van der Waals surface area contributed by atoms with Crippen LogP contribution in [0.2, 0.25) is 10.0 Å². The highest BCUT2D eigenvalue weighted by atomic mass is 35.5. The summed E-state index contributed by atoms with van der Waals surface area (Å²) < 4.78 is 1.87. The topological polar surface area (TPSA) is 17.3 Å². The number of imidazole rings is 1. The molecule has 4 heteroatoms. The molecule has 2 aromatic rings. The van der Waals surface area contributed by atoms with Gasteiger partial charge in [-0.15, -0.1) is 0 Å². The van der Waals surface area contributed by atoms with E-state index in [1.165, 1.54) is 0 Å². The van der Waals surface area contributed by atoms with Crippen LogP contribution in [-0.2, 0) is 0 Å². The number of rotatable bonds is 0. The van der Waals surface area contributed by atoms with Crippen molar-refractivity contribution in [3.8, 4) is 0 Å². The van der Waals surface area contributed by atoms with E-state index in [0.717, 1.165) is 11.3 Å². The van der Waals surface area contributed by atoms with Crippen LogP contribution in [0, 0.1) is 6.92 Å². The van der Waals surface area contributed by atoms with Gasteiger partial charge in [0.2, 0.25) is 0 Å². The summed E-state index contributed by atoms with van der Waals surface area (Å²) in [5.74, 6) is 0. The first-order valence-corrected chi connectivity index (χ1v) is 4.23. The molecule has 12 heavy (non-hydrogen) atoms. The minimum absolute atomic E-state index is 0.579. The van der Waals surface area contributed by atoms with E-state index in [1.807, 2.05) is 11.3 Å². The van der Waals surface area contributed by atoms with Crippen molar-refractivity contribution in [1.82, 2.24) is 9.38 Å². The summed E-state index contributed by atoms with van der Waals surface area (Å²) in [7, 11) is 0. The van der Waals surface area contributed by atoms with Gasteiger partial charge in [0.25, 0.3) is 0 Å². The Balaban J connectivity index is 2.92. The Kier molecular flexibility index (Phi) is 1.74. The number of aromatic nitrogens is 2. The molecule has 0 aliphatic rings. The number of halogens is 2. The van der Waals surface area contributed by atoms with Crippen LogP contribution >= 0.6 is 23.2 Å². The molecule has 0 saturated carbocycles. The minimum Gasteiger partial charge on any atom is -0.302 e. The van der Waals surface area contributed by atoms with Crippen molar-refractivity contribution in [2.45, 2.75) is 6.92 Å². The largest absolute Gasteiger partial charge is 0.302 e. The van der Waals surface area contributed by atoms with Crippen LogP contribution in [0.5, 0.6) is 0 Å². The molecule has 2 nitrogen and oxygen atoms in total. The zero-order valence-electron chi connectivity index (χ0n) is 6.38. The molecule has 62 valence electrons. The number of pyridine rings is 1. The Morgan fingerprint density at radius 1 is 1.42 bits per heavy atom. The van der Waals surface area contributed by atoms with Gasteiger partial charge in [-0.05, 0) is 13.0 Å². The maximum Gasteiger partial charge on any atom is 0.155 e. The van der Waals surface area contributed by atoms with Crippen LogP contribution in [0.15, 0.2) is 18.5 Å². The number of fused-ring (bicyclic) bond motifs is 1. The highest BCUT2D eigenvalue weighted by Gasteiger charge is 2.03. The Morgan fingerprint density at radius 3 is 2.92 bits per heavy atom. The lowest BCUT2D eigenvalue weighted by Crippen LogP contribution is -1.87. The van der Waals surface area contributed by atoms with E-state index in [9.17, 15) is 0 Å². The Morgan fingerprint density at radius 2 is 2.17 bits per heavy atom. The van der Waals surface area contributed by atoms with E-state index in [1.54, 1.807) is 18.5 Å². The molecular formula is C8H6Cl2N2. The van der Waals surface area contributed by atoms with Crippen LogP contribution < -0.4 is 0 Å². The van der Waals surface area contributed by atoms with Crippen molar-refractivity contribution in [1.29, 1.82) is 0 Å². The van der Waals surface area contributed by atoms with Crippen LogP contribution in [0.4, 0.5) is 0 Å². The van der Waals surface area contributed by atoms with Gasteiger partial charge in [-0.1, -0.05) is 23.2 Å². The van der Waals surface area contributed by atoms with Crippen LogP contribution in [0.1, 0.15) is 5.69 Å². The zero-order valence-corrected chi connectivity index (χ0v) is 7.89. The Hall–Kier alpha value is -0.730. The van der Waals surface area contributed by atoms with Crippen molar-refractivity contribution >= 4 is 28.8 Å².